The van der Waals surface area contributed by atoms with Gasteiger partial charge in [-0.1, -0.05) is 6.42 Å². The molecule has 1 amide bonds. The first-order valence-corrected chi connectivity index (χ1v) is 6.88. The number of anilines is 1. The summed E-state index contributed by atoms with van der Waals surface area (Å²) in [6.45, 7) is 0.918. The summed E-state index contributed by atoms with van der Waals surface area (Å²) in [5, 5.41) is 6.14. The normalized spacial score (nSPS) is 19.3. The predicted molar refractivity (Wildman–Crippen MR) is 75.0 cm³/mol. The van der Waals surface area contributed by atoms with Crippen LogP contribution in [0.2, 0.25) is 0 Å². The van der Waals surface area contributed by atoms with Crippen molar-refractivity contribution in [2.45, 2.75) is 25.3 Å². The van der Waals surface area contributed by atoms with Crippen molar-refractivity contribution in [3.8, 4) is 5.75 Å². The second-order valence-corrected chi connectivity index (χ2v) is 5.20. The minimum atomic E-state index is -0.0756. The quantitative estimate of drug-likeness (QED) is 0.901. The zero-order valence-corrected chi connectivity index (χ0v) is 11.9. The van der Waals surface area contributed by atoms with E-state index in [0.717, 1.165) is 36.0 Å². The zero-order chi connectivity index (χ0) is 13.0. The van der Waals surface area contributed by atoms with Gasteiger partial charge in [-0.3, -0.25) is 4.79 Å². The van der Waals surface area contributed by atoms with Gasteiger partial charge < -0.3 is 15.4 Å². The molecule has 0 saturated carbocycles. The van der Waals surface area contributed by atoms with Crippen LogP contribution in [0.5, 0.6) is 5.75 Å². The lowest BCUT2D eigenvalue weighted by Gasteiger charge is -2.22. The minimum absolute atomic E-state index is 0.0269. The van der Waals surface area contributed by atoms with Crippen molar-refractivity contribution in [3.63, 3.8) is 0 Å². The third-order valence-electron chi connectivity index (χ3n) is 3.05. The smallest absolute Gasteiger partial charge is 0.241 e. The molecule has 1 heterocycles. The number of ether oxygens (including phenoxy) is 1. The Balaban J connectivity index is 2.02. The maximum atomic E-state index is 12.0. The largest absolute Gasteiger partial charge is 0.495 e. The molecule has 1 atom stereocenters. The lowest BCUT2D eigenvalue weighted by atomic mass is 10.0. The lowest BCUT2D eigenvalue weighted by Crippen LogP contribution is -2.43. The highest BCUT2D eigenvalue weighted by molar-refractivity contribution is 9.10. The number of carbonyl (C=O) groups excluding carboxylic acids is 1. The van der Waals surface area contributed by atoms with Crippen molar-refractivity contribution < 1.29 is 9.53 Å². The Hall–Kier alpha value is -1.07. The van der Waals surface area contributed by atoms with Crippen LogP contribution in [0.4, 0.5) is 5.69 Å². The molecule has 1 saturated heterocycles. The number of piperidine rings is 1. The van der Waals surface area contributed by atoms with E-state index < -0.39 is 0 Å². The van der Waals surface area contributed by atoms with Gasteiger partial charge in [0, 0.05) is 11.8 Å². The summed E-state index contributed by atoms with van der Waals surface area (Å²) >= 11 is 3.38. The van der Waals surface area contributed by atoms with Gasteiger partial charge in [-0.25, -0.2) is 0 Å². The summed E-state index contributed by atoms with van der Waals surface area (Å²) in [6.07, 6.45) is 3.16. The second kappa shape index (κ2) is 6.20. The first kappa shape index (κ1) is 13.4. The molecule has 2 rings (SSSR count). The van der Waals surface area contributed by atoms with Crippen LogP contribution in [-0.4, -0.2) is 25.6 Å². The third-order valence-corrected chi connectivity index (χ3v) is 3.70. The van der Waals surface area contributed by atoms with E-state index in [1.807, 2.05) is 18.2 Å². The van der Waals surface area contributed by atoms with Gasteiger partial charge in [0.2, 0.25) is 5.91 Å². The Morgan fingerprint density at radius 2 is 2.33 bits per heavy atom. The Bertz CT molecular complexity index is 431. The Morgan fingerprint density at radius 3 is 3.00 bits per heavy atom. The highest BCUT2D eigenvalue weighted by Gasteiger charge is 2.20. The fourth-order valence-corrected chi connectivity index (χ4v) is 2.45. The first-order valence-electron chi connectivity index (χ1n) is 6.08. The number of benzene rings is 1. The van der Waals surface area contributed by atoms with Crippen LogP contribution in [-0.2, 0) is 4.79 Å². The second-order valence-electron chi connectivity index (χ2n) is 4.34. The van der Waals surface area contributed by atoms with E-state index in [1.54, 1.807) is 7.11 Å². The van der Waals surface area contributed by atoms with Crippen LogP contribution in [0.3, 0.4) is 0 Å². The molecular formula is C13H17BrN2O2. The van der Waals surface area contributed by atoms with E-state index >= 15 is 0 Å². The molecule has 0 aliphatic carbocycles. The predicted octanol–water partition coefficient (Wildman–Crippen LogP) is 2.54. The van der Waals surface area contributed by atoms with Crippen LogP contribution in [0.25, 0.3) is 0 Å². The fourth-order valence-electron chi connectivity index (χ4n) is 2.04. The van der Waals surface area contributed by atoms with Crippen molar-refractivity contribution in [1.82, 2.24) is 5.32 Å². The third kappa shape index (κ3) is 3.23. The number of nitrogens with one attached hydrogen (secondary N) is 2. The molecule has 18 heavy (non-hydrogen) atoms. The van der Waals surface area contributed by atoms with Crippen molar-refractivity contribution in [3.05, 3.63) is 22.7 Å². The van der Waals surface area contributed by atoms with E-state index in [1.165, 1.54) is 0 Å². The molecule has 98 valence electrons. The lowest BCUT2D eigenvalue weighted by molar-refractivity contribution is -0.118. The van der Waals surface area contributed by atoms with Crippen molar-refractivity contribution >= 4 is 27.5 Å². The highest BCUT2D eigenvalue weighted by Crippen LogP contribution is 2.28. The Morgan fingerprint density at radius 1 is 1.50 bits per heavy atom. The standard InChI is InChI=1S/C13H17BrN2O2/c1-18-12-8-9(5-6-10(12)14)16-13(17)11-4-2-3-7-15-11/h5-6,8,11,15H,2-4,7H2,1H3,(H,16,17)/t11-/m0/s1. The fraction of sp³-hybridized carbons (Fsp3) is 0.462. The highest BCUT2D eigenvalue weighted by atomic mass is 79.9. The van der Waals surface area contributed by atoms with Gasteiger partial charge in [-0.05, 0) is 47.4 Å². The van der Waals surface area contributed by atoms with E-state index in [-0.39, 0.29) is 11.9 Å². The summed E-state index contributed by atoms with van der Waals surface area (Å²) < 4.78 is 6.07. The molecule has 1 aliphatic rings. The van der Waals surface area contributed by atoms with Gasteiger partial charge >= 0.3 is 0 Å². The van der Waals surface area contributed by atoms with Gasteiger partial charge in [-0.2, -0.15) is 0 Å². The van der Waals surface area contributed by atoms with E-state index in [4.69, 9.17) is 4.74 Å². The molecule has 5 heteroatoms. The molecule has 0 aromatic heterocycles. The Kier molecular flexibility index (Phi) is 4.60. The number of hydrogen-bond donors (Lipinski definition) is 2. The van der Waals surface area contributed by atoms with Crippen molar-refractivity contribution in [2.75, 3.05) is 19.0 Å². The minimum Gasteiger partial charge on any atom is -0.495 e. The number of hydrogen-bond acceptors (Lipinski definition) is 3. The molecule has 2 N–H and O–H groups in total. The SMILES string of the molecule is COc1cc(NC(=O)[C@@H]2CCCCN2)ccc1Br. The molecule has 1 fully saturated rings. The average Bonchev–Trinajstić information content (AvgIpc) is 2.42. The number of amides is 1. The van der Waals surface area contributed by atoms with Gasteiger partial charge in [0.25, 0.3) is 0 Å². The molecule has 0 radical (unpaired) electrons. The number of methoxy groups -OCH3 is 1. The average molecular weight is 313 g/mol. The van der Waals surface area contributed by atoms with Crippen LogP contribution in [0.1, 0.15) is 19.3 Å². The van der Waals surface area contributed by atoms with E-state index in [0.29, 0.717) is 5.75 Å². The molecule has 0 bridgehead atoms. The summed E-state index contributed by atoms with van der Waals surface area (Å²) in [5.41, 5.74) is 0.757. The molecule has 0 spiro atoms. The number of halogens is 1. The summed E-state index contributed by atoms with van der Waals surface area (Å²) in [5.74, 6) is 0.739. The molecule has 4 nitrogen and oxygen atoms in total. The van der Waals surface area contributed by atoms with Crippen LogP contribution in [0.15, 0.2) is 22.7 Å². The monoisotopic (exact) mass is 312 g/mol. The van der Waals surface area contributed by atoms with Gasteiger partial charge in [0.05, 0.1) is 17.6 Å². The van der Waals surface area contributed by atoms with Crippen LogP contribution in [0, 0.1) is 0 Å². The molecular weight excluding hydrogens is 296 g/mol. The summed E-state index contributed by atoms with van der Waals surface area (Å²) in [6, 6.07) is 5.45. The number of rotatable bonds is 3. The van der Waals surface area contributed by atoms with Gasteiger partial charge in [-0.15, -0.1) is 0 Å². The van der Waals surface area contributed by atoms with E-state index in [2.05, 4.69) is 26.6 Å². The maximum absolute atomic E-state index is 12.0. The molecule has 0 unspecified atom stereocenters. The maximum Gasteiger partial charge on any atom is 0.241 e. The van der Waals surface area contributed by atoms with E-state index in [9.17, 15) is 4.79 Å². The Labute approximate surface area is 115 Å². The molecule has 1 aromatic rings. The molecule has 1 aliphatic heterocycles. The molecule has 1 aromatic carbocycles. The van der Waals surface area contributed by atoms with Crippen molar-refractivity contribution in [2.24, 2.45) is 0 Å². The summed E-state index contributed by atoms with van der Waals surface area (Å²) in [4.78, 5) is 12.0. The first-order chi connectivity index (χ1) is 8.70. The van der Waals surface area contributed by atoms with Crippen LogP contribution < -0.4 is 15.4 Å². The van der Waals surface area contributed by atoms with Gasteiger partial charge in [0.15, 0.2) is 0 Å². The zero-order valence-electron chi connectivity index (χ0n) is 10.3. The topological polar surface area (TPSA) is 50.4 Å². The number of carbonyl (C=O) groups is 1. The van der Waals surface area contributed by atoms with Gasteiger partial charge in [0.1, 0.15) is 5.75 Å². The van der Waals surface area contributed by atoms with Crippen molar-refractivity contribution in [1.29, 1.82) is 0 Å². The van der Waals surface area contributed by atoms with Crippen LogP contribution >= 0.6 is 15.9 Å². The summed E-state index contributed by atoms with van der Waals surface area (Å²) in [7, 11) is 1.61.